The van der Waals surface area contributed by atoms with Crippen LogP contribution in [-0.4, -0.2) is 31.2 Å². The van der Waals surface area contributed by atoms with E-state index in [0.29, 0.717) is 12.0 Å². The van der Waals surface area contributed by atoms with Crippen LogP contribution < -0.4 is 5.32 Å². The molecule has 0 heterocycles. The highest BCUT2D eigenvalue weighted by Crippen LogP contribution is 2.28. The number of methoxy groups -OCH3 is 1. The first-order valence-electron chi connectivity index (χ1n) is 6.68. The third-order valence-corrected chi connectivity index (χ3v) is 3.56. The van der Waals surface area contributed by atoms with E-state index in [-0.39, 0.29) is 24.8 Å². The van der Waals surface area contributed by atoms with Crippen LogP contribution in [0.15, 0.2) is 30.3 Å². The molecule has 1 fully saturated rings. The van der Waals surface area contributed by atoms with Crippen molar-refractivity contribution in [1.29, 1.82) is 0 Å². The van der Waals surface area contributed by atoms with Crippen molar-refractivity contribution in [3.8, 4) is 0 Å². The van der Waals surface area contributed by atoms with Gasteiger partial charge in [0.15, 0.2) is 0 Å². The minimum atomic E-state index is -1.09. The Morgan fingerprint density at radius 1 is 1.20 bits per heavy atom. The summed E-state index contributed by atoms with van der Waals surface area (Å²) in [6.45, 7) is 0. The summed E-state index contributed by atoms with van der Waals surface area (Å²) in [6.07, 6.45) is -0.254. The van der Waals surface area contributed by atoms with Crippen LogP contribution in [0.5, 0.6) is 0 Å². The second-order valence-corrected chi connectivity index (χ2v) is 5.06. The third kappa shape index (κ3) is 3.56. The summed E-state index contributed by atoms with van der Waals surface area (Å²) in [5, 5.41) is 2.79. The number of rotatable bonds is 3. The molecule has 0 spiro atoms. The third-order valence-electron chi connectivity index (χ3n) is 3.56. The molecule has 1 N–H and O–H groups in total. The summed E-state index contributed by atoms with van der Waals surface area (Å²) in [4.78, 5) is 23.5. The van der Waals surface area contributed by atoms with Gasteiger partial charge in [0, 0.05) is 11.6 Å². The highest BCUT2D eigenvalue weighted by atomic mass is 19.1. The number of alkyl halides is 1. The summed E-state index contributed by atoms with van der Waals surface area (Å²) in [7, 11) is 1.29. The Hall–Kier alpha value is -1.91. The zero-order chi connectivity index (χ0) is 14.5. The molecular formula is C15H18FNO3. The fourth-order valence-corrected chi connectivity index (χ4v) is 2.58. The van der Waals surface area contributed by atoms with Gasteiger partial charge in [-0.25, -0.2) is 4.39 Å². The van der Waals surface area contributed by atoms with Crippen LogP contribution in [0.25, 0.3) is 0 Å². The van der Waals surface area contributed by atoms with Gasteiger partial charge in [-0.05, 0) is 31.4 Å². The average molecular weight is 279 g/mol. The number of halogens is 1. The Balaban J connectivity index is 1.98. The second-order valence-electron chi connectivity index (χ2n) is 5.06. The van der Waals surface area contributed by atoms with Crippen LogP contribution in [0.3, 0.4) is 0 Å². The molecule has 5 heteroatoms. The molecule has 0 bridgehead atoms. The van der Waals surface area contributed by atoms with E-state index in [1.165, 1.54) is 7.11 Å². The minimum Gasteiger partial charge on any atom is -0.469 e. The molecule has 0 aliphatic heterocycles. The Bertz CT molecular complexity index is 477. The molecule has 20 heavy (non-hydrogen) atoms. The molecule has 1 amide bonds. The van der Waals surface area contributed by atoms with Gasteiger partial charge in [-0.15, -0.1) is 0 Å². The predicted octanol–water partition coefficient (Wildman–Crippen LogP) is 2.10. The van der Waals surface area contributed by atoms with Crippen molar-refractivity contribution in [1.82, 2.24) is 5.32 Å². The lowest BCUT2D eigenvalue weighted by Gasteiger charge is -2.30. The van der Waals surface area contributed by atoms with E-state index < -0.39 is 18.1 Å². The maximum Gasteiger partial charge on any atom is 0.308 e. The molecular weight excluding hydrogens is 261 g/mol. The highest BCUT2D eigenvalue weighted by molar-refractivity contribution is 5.94. The number of nitrogens with one attached hydrogen (secondary N) is 1. The Morgan fingerprint density at radius 2 is 1.90 bits per heavy atom. The van der Waals surface area contributed by atoms with Gasteiger partial charge in [-0.1, -0.05) is 18.2 Å². The lowest BCUT2D eigenvalue weighted by Crippen LogP contribution is -2.43. The Labute approximate surface area is 117 Å². The Kier molecular flexibility index (Phi) is 4.71. The number of benzene rings is 1. The first-order chi connectivity index (χ1) is 9.60. The number of hydrogen-bond donors (Lipinski definition) is 1. The van der Waals surface area contributed by atoms with Gasteiger partial charge in [-0.3, -0.25) is 9.59 Å². The molecule has 1 aliphatic carbocycles. The average Bonchev–Trinajstić information content (AvgIpc) is 2.46. The van der Waals surface area contributed by atoms with Crippen LogP contribution in [0.2, 0.25) is 0 Å². The first kappa shape index (κ1) is 14.5. The zero-order valence-corrected chi connectivity index (χ0v) is 11.3. The van der Waals surface area contributed by atoms with Crippen molar-refractivity contribution in [2.45, 2.75) is 31.5 Å². The first-order valence-corrected chi connectivity index (χ1v) is 6.68. The second kappa shape index (κ2) is 6.50. The van der Waals surface area contributed by atoms with Crippen molar-refractivity contribution in [2.24, 2.45) is 5.92 Å². The lowest BCUT2D eigenvalue weighted by molar-refractivity contribution is -0.147. The summed E-state index contributed by atoms with van der Waals surface area (Å²) in [5.74, 6) is -1.13. The van der Waals surface area contributed by atoms with Crippen molar-refractivity contribution in [3.05, 3.63) is 35.9 Å². The van der Waals surface area contributed by atoms with E-state index in [2.05, 4.69) is 10.1 Å². The SMILES string of the molecule is COC(=O)C1CC(F)CC(NC(=O)c2ccccc2)C1. The van der Waals surface area contributed by atoms with Crippen molar-refractivity contribution >= 4 is 11.9 Å². The standard InChI is InChI=1S/C15H18FNO3/c1-20-15(19)11-7-12(16)9-13(8-11)17-14(18)10-5-3-2-4-6-10/h2-6,11-13H,7-9H2,1H3,(H,17,18). The van der Waals surface area contributed by atoms with Crippen LogP contribution >= 0.6 is 0 Å². The smallest absolute Gasteiger partial charge is 0.308 e. The van der Waals surface area contributed by atoms with Crippen molar-refractivity contribution in [2.75, 3.05) is 7.11 Å². The highest BCUT2D eigenvalue weighted by Gasteiger charge is 2.34. The monoisotopic (exact) mass is 279 g/mol. The van der Waals surface area contributed by atoms with E-state index in [0.717, 1.165) is 0 Å². The normalized spacial score (nSPS) is 25.8. The molecule has 3 unspecified atom stereocenters. The Morgan fingerprint density at radius 3 is 2.55 bits per heavy atom. The molecule has 2 rings (SSSR count). The molecule has 0 radical (unpaired) electrons. The molecule has 3 atom stereocenters. The number of esters is 1. The minimum absolute atomic E-state index is 0.171. The summed E-state index contributed by atoms with van der Waals surface area (Å²) in [5.41, 5.74) is 0.531. The predicted molar refractivity (Wildman–Crippen MR) is 71.9 cm³/mol. The van der Waals surface area contributed by atoms with Crippen LogP contribution in [0, 0.1) is 5.92 Å². The molecule has 4 nitrogen and oxygen atoms in total. The van der Waals surface area contributed by atoms with Crippen molar-refractivity contribution < 1.29 is 18.7 Å². The van der Waals surface area contributed by atoms with Crippen molar-refractivity contribution in [3.63, 3.8) is 0 Å². The van der Waals surface area contributed by atoms with Gasteiger partial charge in [-0.2, -0.15) is 0 Å². The van der Waals surface area contributed by atoms with Gasteiger partial charge in [0.05, 0.1) is 13.0 Å². The fraction of sp³-hybridized carbons (Fsp3) is 0.467. The lowest BCUT2D eigenvalue weighted by atomic mass is 9.84. The topological polar surface area (TPSA) is 55.4 Å². The van der Waals surface area contributed by atoms with E-state index in [1.807, 2.05) is 6.07 Å². The number of carbonyl (C=O) groups excluding carboxylic acids is 2. The van der Waals surface area contributed by atoms with E-state index in [9.17, 15) is 14.0 Å². The molecule has 1 aliphatic rings. The number of amides is 1. The zero-order valence-electron chi connectivity index (χ0n) is 11.3. The largest absolute Gasteiger partial charge is 0.469 e. The quantitative estimate of drug-likeness (QED) is 0.862. The molecule has 1 saturated carbocycles. The van der Waals surface area contributed by atoms with Gasteiger partial charge >= 0.3 is 5.97 Å². The molecule has 0 aromatic heterocycles. The number of ether oxygens (including phenoxy) is 1. The van der Waals surface area contributed by atoms with E-state index >= 15 is 0 Å². The van der Waals surface area contributed by atoms with E-state index in [4.69, 9.17) is 0 Å². The van der Waals surface area contributed by atoms with Gasteiger partial charge in [0.1, 0.15) is 6.17 Å². The van der Waals surface area contributed by atoms with Crippen LogP contribution in [0.4, 0.5) is 4.39 Å². The van der Waals surface area contributed by atoms with Crippen LogP contribution in [0.1, 0.15) is 29.6 Å². The maximum absolute atomic E-state index is 13.7. The van der Waals surface area contributed by atoms with Crippen LogP contribution in [-0.2, 0) is 9.53 Å². The molecule has 1 aromatic rings. The number of carbonyl (C=O) groups is 2. The number of hydrogen-bond acceptors (Lipinski definition) is 3. The maximum atomic E-state index is 13.7. The van der Waals surface area contributed by atoms with Gasteiger partial charge in [0.25, 0.3) is 5.91 Å². The molecule has 108 valence electrons. The fourth-order valence-electron chi connectivity index (χ4n) is 2.58. The van der Waals surface area contributed by atoms with Gasteiger partial charge < -0.3 is 10.1 Å². The van der Waals surface area contributed by atoms with E-state index in [1.54, 1.807) is 24.3 Å². The summed E-state index contributed by atoms with van der Waals surface area (Å²) in [6, 6.07) is 8.42. The molecule has 1 aromatic carbocycles. The summed E-state index contributed by atoms with van der Waals surface area (Å²) >= 11 is 0. The summed E-state index contributed by atoms with van der Waals surface area (Å²) < 4.78 is 18.3. The molecule has 0 saturated heterocycles. The van der Waals surface area contributed by atoms with Gasteiger partial charge in [0.2, 0.25) is 0 Å².